The van der Waals surface area contributed by atoms with E-state index >= 15 is 13.2 Å². The number of benzene rings is 8. The van der Waals surface area contributed by atoms with Gasteiger partial charge in [0.05, 0.1) is 55.8 Å². The number of rotatable bonds is 8. The molecular formula is C58H36F3N6P. The van der Waals surface area contributed by atoms with Crippen LogP contribution in [0.4, 0.5) is 13.2 Å². The summed E-state index contributed by atoms with van der Waals surface area (Å²) in [5.74, 6) is 0.207. The number of nitrogens with zero attached hydrogens (tertiary/aromatic N) is 6. The van der Waals surface area contributed by atoms with Crippen LogP contribution in [0.15, 0.2) is 206 Å². The van der Waals surface area contributed by atoms with Crippen LogP contribution in [0.1, 0.15) is 5.56 Å². The topological polar surface area (TPSA) is 61.4 Å². The molecule has 0 saturated carbocycles. The van der Waals surface area contributed by atoms with Gasteiger partial charge in [-0.05, 0) is 54.6 Å². The minimum atomic E-state index is -4.78. The van der Waals surface area contributed by atoms with E-state index in [9.17, 15) is 0 Å². The smallest absolute Gasteiger partial charge is 0.309 e. The molecule has 0 N–H and O–H groups in total. The number of fused-ring (bicyclic) bond motifs is 6. The Balaban J connectivity index is 1.25. The lowest BCUT2D eigenvalue weighted by atomic mass is 9.98. The quantitative estimate of drug-likeness (QED) is 0.143. The highest BCUT2D eigenvalue weighted by atomic mass is 31.1. The summed E-state index contributed by atoms with van der Waals surface area (Å²) in [5, 5.41) is 4.03. The molecule has 0 radical (unpaired) electrons. The molecular weight excluding hydrogens is 869 g/mol. The van der Waals surface area contributed by atoms with Crippen molar-refractivity contribution in [3.8, 4) is 67.9 Å². The maximum absolute atomic E-state index is 15.7. The molecule has 68 heavy (non-hydrogen) atoms. The Morgan fingerprint density at radius 3 is 1.28 bits per heavy atom. The van der Waals surface area contributed by atoms with Gasteiger partial charge < -0.3 is 9.13 Å². The van der Waals surface area contributed by atoms with Gasteiger partial charge in [0.1, 0.15) is 0 Å². The first-order valence-electron chi connectivity index (χ1n) is 22.0. The summed E-state index contributed by atoms with van der Waals surface area (Å²) in [5.41, 5.74) is 8.80. The van der Waals surface area contributed by atoms with Gasteiger partial charge in [-0.3, -0.25) is 0 Å². The van der Waals surface area contributed by atoms with Crippen LogP contribution >= 0.6 is 8.20 Å². The molecule has 0 saturated heterocycles. The first-order chi connectivity index (χ1) is 33.3. The van der Waals surface area contributed by atoms with E-state index in [1.165, 1.54) is 12.1 Å². The second-order valence-electron chi connectivity index (χ2n) is 16.5. The lowest BCUT2D eigenvalue weighted by Crippen LogP contribution is -2.12. The highest BCUT2D eigenvalue weighted by molar-refractivity contribution is 7.45. The Bertz CT molecular complexity index is 3810. The van der Waals surface area contributed by atoms with Gasteiger partial charge in [0.15, 0.2) is 11.6 Å². The highest BCUT2D eigenvalue weighted by Crippen LogP contribution is 2.45. The van der Waals surface area contributed by atoms with Gasteiger partial charge in [-0.15, -0.1) is 0 Å². The van der Waals surface area contributed by atoms with Gasteiger partial charge in [-0.2, -0.15) is 13.2 Å². The van der Waals surface area contributed by atoms with E-state index in [2.05, 4.69) is 53.3 Å². The molecule has 0 fully saturated rings. The SMILES string of the molecule is C=Pc1cc(-c2ccccc2)nc(-c2cc(C(F)(F)F)cc(-c3nc(-c4ccccc4)cc(-c4ccccc4)n3)c2-n2c3ccccc3c3ccc(-n4c5ccccc5c5ccccc54)cc32)n1. The van der Waals surface area contributed by atoms with Crippen molar-refractivity contribution >= 4 is 63.6 Å². The highest BCUT2D eigenvalue weighted by Gasteiger charge is 2.35. The van der Waals surface area contributed by atoms with E-state index in [4.69, 9.17) is 19.9 Å². The number of alkyl halides is 3. The van der Waals surface area contributed by atoms with Crippen molar-refractivity contribution in [2.45, 2.75) is 6.18 Å². The molecule has 0 bridgehead atoms. The minimum Gasteiger partial charge on any atom is -0.309 e. The number of hydrogen-bond acceptors (Lipinski definition) is 4. The molecule has 6 nitrogen and oxygen atoms in total. The zero-order chi connectivity index (χ0) is 45.9. The van der Waals surface area contributed by atoms with E-state index in [1.54, 1.807) is 0 Å². The normalized spacial score (nSPS) is 11.9. The summed E-state index contributed by atoms with van der Waals surface area (Å²) in [6, 6.07) is 65.8. The van der Waals surface area contributed by atoms with E-state index in [0.717, 1.165) is 66.0 Å². The third kappa shape index (κ3) is 7.03. The van der Waals surface area contributed by atoms with Gasteiger partial charge in [0.2, 0.25) is 0 Å². The monoisotopic (exact) mass is 904 g/mol. The van der Waals surface area contributed by atoms with Crippen LogP contribution in [0, 0.1) is 0 Å². The molecule has 0 aliphatic heterocycles. The summed E-state index contributed by atoms with van der Waals surface area (Å²) in [4.78, 5) is 20.4. The lowest BCUT2D eigenvalue weighted by Gasteiger charge is -2.21. The number of halogens is 3. The second kappa shape index (κ2) is 16.4. The van der Waals surface area contributed by atoms with Crippen molar-refractivity contribution < 1.29 is 13.2 Å². The molecule has 10 heteroatoms. The fraction of sp³-hybridized carbons (Fsp3) is 0.0172. The van der Waals surface area contributed by atoms with Crippen molar-refractivity contribution in [3.05, 3.63) is 212 Å². The molecule has 8 aromatic carbocycles. The lowest BCUT2D eigenvalue weighted by molar-refractivity contribution is -0.137. The molecule has 0 atom stereocenters. The summed E-state index contributed by atoms with van der Waals surface area (Å²) in [6.07, 6.45) is -0.651. The largest absolute Gasteiger partial charge is 0.416 e. The Morgan fingerprint density at radius 1 is 0.397 bits per heavy atom. The molecule has 0 unspecified atom stereocenters. The average Bonchev–Trinajstić information content (AvgIpc) is 3.91. The van der Waals surface area contributed by atoms with Crippen LogP contribution in [-0.2, 0) is 6.18 Å². The van der Waals surface area contributed by atoms with Crippen LogP contribution in [0.5, 0.6) is 0 Å². The van der Waals surface area contributed by atoms with Crippen LogP contribution in [0.25, 0.3) is 112 Å². The fourth-order valence-corrected chi connectivity index (χ4v) is 9.77. The number of aromatic nitrogens is 6. The van der Waals surface area contributed by atoms with E-state index < -0.39 is 11.7 Å². The molecule has 0 spiro atoms. The van der Waals surface area contributed by atoms with Crippen molar-refractivity contribution in [3.63, 3.8) is 0 Å². The fourth-order valence-electron chi connectivity index (χ4n) is 9.39. The van der Waals surface area contributed by atoms with Crippen LogP contribution in [0.3, 0.4) is 0 Å². The van der Waals surface area contributed by atoms with Gasteiger partial charge in [-0.25, -0.2) is 19.9 Å². The third-order valence-electron chi connectivity index (χ3n) is 12.4. The number of hydrogen-bond donors (Lipinski definition) is 0. The third-order valence-corrected chi connectivity index (χ3v) is 13.0. The van der Waals surface area contributed by atoms with E-state index in [1.807, 2.05) is 156 Å². The zero-order valence-electron chi connectivity index (χ0n) is 36.1. The Hall–Kier alpha value is -8.52. The minimum absolute atomic E-state index is 0.103. The molecule has 4 heterocycles. The maximum Gasteiger partial charge on any atom is 0.416 e. The molecule has 0 aliphatic rings. The Kier molecular flexibility index (Phi) is 9.89. The molecule has 12 rings (SSSR count). The van der Waals surface area contributed by atoms with Gasteiger partial charge >= 0.3 is 6.18 Å². The summed E-state index contributed by atoms with van der Waals surface area (Å²) in [6.45, 7) is 0. The standard InChI is InChI=1S/C58H36F3N6P/c1-68-54-35-49(38-21-9-4-10-22-38)64-57(65-54)46-32-39(58(59,60)61)31-45(56-62-47(36-17-5-2-6-18-36)34-48(63-56)37-19-7-3-8-20-37)55(46)67-52-28-16-13-25-43(52)44-30-29-40(33-53(44)67)66-50-26-14-11-23-41(50)42-24-12-15-27-51(42)66/h2-35H,1H2. The first kappa shape index (κ1) is 40.9. The van der Waals surface area contributed by atoms with E-state index in [0.29, 0.717) is 36.4 Å². The van der Waals surface area contributed by atoms with Crippen LogP contribution in [-0.4, -0.2) is 35.4 Å². The molecule has 12 aromatic rings. The van der Waals surface area contributed by atoms with Crippen molar-refractivity contribution in [1.29, 1.82) is 0 Å². The molecule has 4 aromatic heterocycles. The Labute approximate surface area is 390 Å². The molecule has 324 valence electrons. The molecule has 0 aliphatic carbocycles. The van der Waals surface area contributed by atoms with Gasteiger partial charge in [0, 0.05) is 55.0 Å². The van der Waals surface area contributed by atoms with Crippen LogP contribution in [0.2, 0.25) is 0 Å². The van der Waals surface area contributed by atoms with Gasteiger partial charge in [0.25, 0.3) is 0 Å². The van der Waals surface area contributed by atoms with Crippen molar-refractivity contribution in [1.82, 2.24) is 29.1 Å². The predicted molar refractivity (Wildman–Crippen MR) is 272 cm³/mol. The average molecular weight is 905 g/mol. The van der Waals surface area contributed by atoms with E-state index in [-0.39, 0.29) is 22.8 Å². The van der Waals surface area contributed by atoms with Crippen LogP contribution < -0.4 is 5.44 Å². The maximum atomic E-state index is 15.7. The van der Waals surface area contributed by atoms with Gasteiger partial charge in [-0.1, -0.05) is 166 Å². The summed E-state index contributed by atoms with van der Waals surface area (Å²) < 4.78 is 51.4. The predicted octanol–water partition coefficient (Wildman–Crippen LogP) is 14.8. The zero-order valence-corrected chi connectivity index (χ0v) is 37.0. The number of para-hydroxylation sites is 3. The van der Waals surface area contributed by atoms with Crippen molar-refractivity contribution in [2.24, 2.45) is 0 Å². The second-order valence-corrected chi connectivity index (χ2v) is 17.3. The van der Waals surface area contributed by atoms with Crippen molar-refractivity contribution in [2.75, 3.05) is 0 Å². The molecule has 0 amide bonds. The summed E-state index contributed by atoms with van der Waals surface area (Å²) >= 11 is 0. The first-order valence-corrected chi connectivity index (χ1v) is 23.1. The summed E-state index contributed by atoms with van der Waals surface area (Å²) in [7, 11) is 0.566. The Morgan fingerprint density at radius 2 is 0.809 bits per heavy atom.